The van der Waals surface area contributed by atoms with Gasteiger partial charge in [0.2, 0.25) is 5.91 Å². The van der Waals surface area contributed by atoms with Crippen molar-refractivity contribution in [3.05, 3.63) is 58.6 Å². The molecule has 0 fully saturated rings. The third kappa shape index (κ3) is 6.49. The van der Waals surface area contributed by atoms with E-state index in [1.54, 1.807) is 38.5 Å². The highest BCUT2D eigenvalue weighted by Crippen LogP contribution is 2.27. The molecule has 0 unspecified atom stereocenters. The highest BCUT2D eigenvalue weighted by Gasteiger charge is 2.08. The van der Waals surface area contributed by atoms with Crippen LogP contribution in [-0.2, 0) is 11.2 Å². The van der Waals surface area contributed by atoms with Crippen molar-refractivity contribution in [3.63, 3.8) is 0 Å². The first-order valence-corrected chi connectivity index (χ1v) is 8.92. The van der Waals surface area contributed by atoms with Crippen LogP contribution in [0.3, 0.4) is 0 Å². The largest absolute Gasteiger partial charge is 0.493 e. The number of amides is 2. The van der Waals surface area contributed by atoms with Crippen LogP contribution >= 0.6 is 11.6 Å². The number of aryl methyl sites for hydroxylation is 1. The molecular formula is C20H23ClN2O4. The quantitative estimate of drug-likeness (QED) is 0.645. The van der Waals surface area contributed by atoms with Crippen molar-refractivity contribution in [3.8, 4) is 11.5 Å². The first kappa shape index (κ1) is 20.6. The molecule has 2 aromatic rings. The average Bonchev–Trinajstić information content (AvgIpc) is 2.69. The molecule has 0 aliphatic heterocycles. The molecule has 0 aliphatic carbocycles. The third-order valence-corrected chi connectivity index (χ3v) is 4.18. The van der Waals surface area contributed by atoms with E-state index in [2.05, 4.69) is 10.6 Å². The molecule has 0 spiro atoms. The van der Waals surface area contributed by atoms with E-state index in [0.29, 0.717) is 48.0 Å². The second-order valence-corrected chi connectivity index (χ2v) is 6.24. The van der Waals surface area contributed by atoms with Gasteiger partial charge in [0.1, 0.15) is 0 Å². The molecule has 2 amide bonds. The van der Waals surface area contributed by atoms with Crippen molar-refractivity contribution in [2.45, 2.75) is 12.8 Å². The summed E-state index contributed by atoms with van der Waals surface area (Å²) in [5.41, 5.74) is 1.51. The van der Waals surface area contributed by atoms with Gasteiger partial charge < -0.3 is 20.1 Å². The van der Waals surface area contributed by atoms with Crippen LogP contribution in [0.25, 0.3) is 0 Å². The summed E-state index contributed by atoms with van der Waals surface area (Å²) < 4.78 is 10.4. The van der Waals surface area contributed by atoms with Gasteiger partial charge in [0, 0.05) is 30.1 Å². The van der Waals surface area contributed by atoms with Crippen LogP contribution in [0.15, 0.2) is 42.5 Å². The van der Waals surface area contributed by atoms with Gasteiger partial charge in [-0.05, 0) is 48.4 Å². The lowest BCUT2D eigenvalue weighted by Gasteiger charge is -2.10. The smallest absolute Gasteiger partial charge is 0.251 e. The van der Waals surface area contributed by atoms with Gasteiger partial charge in [0.25, 0.3) is 5.91 Å². The monoisotopic (exact) mass is 390 g/mol. The molecule has 2 N–H and O–H groups in total. The summed E-state index contributed by atoms with van der Waals surface area (Å²) in [6.07, 6.45) is 0.934. The Morgan fingerprint density at radius 3 is 2.26 bits per heavy atom. The van der Waals surface area contributed by atoms with Crippen LogP contribution in [-0.4, -0.2) is 39.1 Å². The Bertz CT molecular complexity index is 778. The van der Waals surface area contributed by atoms with Gasteiger partial charge in [-0.2, -0.15) is 0 Å². The maximum Gasteiger partial charge on any atom is 0.251 e. The molecule has 0 radical (unpaired) electrons. The fraction of sp³-hybridized carbons (Fsp3) is 0.300. The number of methoxy groups -OCH3 is 2. The maximum atomic E-state index is 12.0. The first-order valence-electron chi connectivity index (χ1n) is 8.55. The molecule has 0 saturated heterocycles. The van der Waals surface area contributed by atoms with Crippen LogP contribution in [0.5, 0.6) is 11.5 Å². The highest BCUT2D eigenvalue weighted by molar-refractivity contribution is 6.30. The Labute approximate surface area is 163 Å². The van der Waals surface area contributed by atoms with E-state index in [0.717, 1.165) is 5.56 Å². The maximum absolute atomic E-state index is 12.0. The second-order valence-electron chi connectivity index (χ2n) is 5.80. The molecule has 0 heterocycles. The summed E-state index contributed by atoms with van der Waals surface area (Å²) in [6.45, 7) is 0.716. The van der Waals surface area contributed by atoms with E-state index in [1.165, 1.54) is 0 Å². The minimum atomic E-state index is -0.203. The third-order valence-electron chi connectivity index (χ3n) is 3.93. The topological polar surface area (TPSA) is 76.7 Å². The van der Waals surface area contributed by atoms with Gasteiger partial charge in [-0.3, -0.25) is 9.59 Å². The molecule has 0 saturated carbocycles. The van der Waals surface area contributed by atoms with Crippen LogP contribution in [0.4, 0.5) is 0 Å². The van der Waals surface area contributed by atoms with Crippen LogP contribution in [0.2, 0.25) is 5.02 Å². The van der Waals surface area contributed by atoms with Gasteiger partial charge >= 0.3 is 0 Å². The van der Waals surface area contributed by atoms with Crippen LogP contribution in [0, 0.1) is 0 Å². The summed E-state index contributed by atoms with van der Waals surface area (Å²) in [5, 5.41) is 6.11. The number of hydrogen-bond donors (Lipinski definition) is 2. The SMILES string of the molecule is COc1ccc(CCC(=O)NCCNC(=O)c2ccc(Cl)cc2)cc1OC. The predicted octanol–water partition coefficient (Wildman–Crippen LogP) is 2.84. The summed E-state index contributed by atoms with van der Waals surface area (Å²) in [7, 11) is 3.16. The van der Waals surface area contributed by atoms with Crippen molar-refractivity contribution in [1.29, 1.82) is 0 Å². The summed E-state index contributed by atoms with van der Waals surface area (Å²) in [6, 6.07) is 12.2. The number of carbonyl (C=O) groups excluding carboxylic acids is 2. The first-order chi connectivity index (χ1) is 13.0. The number of carbonyl (C=O) groups is 2. The Kier molecular flexibility index (Phi) is 7.95. The number of rotatable bonds is 9. The van der Waals surface area contributed by atoms with Crippen LogP contribution in [0.1, 0.15) is 22.3 Å². The molecule has 2 aromatic carbocycles. The summed E-state index contributed by atoms with van der Waals surface area (Å²) in [5.74, 6) is 1.01. The van der Waals surface area contributed by atoms with E-state index >= 15 is 0 Å². The van der Waals surface area contributed by atoms with Crippen molar-refractivity contribution in [1.82, 2.24) is 10.6 Å². The normalized spacial score (nSPS) is 10.2. The van der Waals surface area contributed by atoms with Crippen molar-refractivity contribution in [2.24, 2.45) is 0 Å². The lowest BCUT2D eigenvalue weighted by atomic mass is 10.1. The molecule has 0 bridgehead atoms. The molecule has 2 rings (SSSR count). The van der Waals surface area contributed by atoms with Crippen molar-refractivity contribution in [2.75, 3.05) is 27.3 Å². The zero-order chi connectivity index (χ0) is 19.6. The molecule has 144 valence electrons. The standard InChI is InChI=1S/C20H23ClN2O4/c1-26-17-9-3-14(13-18(17)27-2)4-10-19(24)22-11-12-23-20(25)15-5-7-16(21)8-6-15/h3,5-9,13H,4,10-12H2,1-2H3,(H,22,24)(H,23,25). The van der Waals surface area contributed by atoms with E-state index in [1.807, 2.05) is 18.2 Å². The molecule has 0 atom stereocenters. The fourth-order valence-electron chi connectivity index (χ4n) is 2.46. The molecule has 6 nitrogen and oxygen atoms in total. The zero-order valence-corrected chi connectivity index (χ0v) is 16.1. The Balaban J connectivity index is 1.69. The number of halogens is 1. The lowest BCUT2D eigenvalue weighted by molar-refractivity contribution is -0.121. The molecule has 0 aliphatic rings. The number of ether oxygens (including phenoxy) is 2. The minimum Gasteiger partial charge on any atom is -0.493 e. The molecule has 7 heteroatoms. The van der Waals surface area contributed by atoms with E-state index in [9.17, 15) is 9.59 Å². The minimum absolute atomic E-state index is 0.0782. The second kappa shape index (κ2) is 10.4. The lowest BCUT2D eigenvalue weighted by Crippen LogP contribution is -2.34. The van der Waals surface area contributed by atoms with E-state index in [4.69, 9.17) is 21.1 Å². The molecule has 0 aromatic heterocycles. The Morgan fingerprint density at radius 2 is 1.59 bits per heavy atom. The molecular weight excluding hydrogens is 368 g/mol. The Morgan fingerprint density at radius 1 is 0.926 bits per heavy atom. The van der Waals surface area contributed by atoms with Gasteiger partial charge in [-0.25, -0.2) is 0 Å². The molecule has 27 heavy (non-hydrogen) atoms. The average molecular weight is 391 g/mol. The van der Waals surface area contributed by atoms with E-state index in [-0.39, 0.29) is 11.8 Å². The van der Waals surface area contributed by atoms with Crippen molar-refractivity contribution < 1.29 is 19.1 Å². The number of nitrogens with one attached hydrogen (secondary N) is 2. The van der Waals surface area contributed by atoms with Gasteiger partial charge in [-0.1, -0.05) is 17.7 Å². The van der Waals surface area contributed by atoms with E-state index < -0.39 is 0 Å². The zero-order valence-electron chi connectivity index (χ0n) is 15.4. The van der Waals surface area contributed by atoms with Gasteiger partial charge in [0.15, 0.2) is 11.5 Å². The van der Waals surface area contributed by atoms with Crippen molar-refractivity contribution >= 4 is 23.4 Å². The number of hydrogen-bond acceptors (Lipinski definition) is 4. The summed E-state index contributed by atoms with van der Waals surface area (Å²) in [4.78, 5) is 23.9. The number of benzene rings is 2. The highest BCUT2D eigenvalue weighted by atomic mass is 35.5. The van der Waals surface area contributed by atoms with Crippen LogP contribution < -0.4 is 20.1 Å². The fourth-order valence-corrected chi connectivity index (χ4v) is 2.59. The van der Waals surface area contributed by atoms with Gasteiger partial charge in [-0.15, -0.1) is 0 Å². The summed E-state index contributed by atoms with van der Waals surface area (Å²) >= 11 is 5.79. The van der Waals surface area contributed by atoms with Gasteiger partial charge in [0.05, 0.1) is 14.2 Å². The predicted molar refractivity (Wildman–Crippen MR) is 105 cm³/mol. The Hall–Kier alpha value is -2.73.